The van der Waals surface area contributed by atoms with Gasteiger partial charge in [0.15, 0.2) is 0 Å². The number of thiazole rings is 1. The number of ether oxygens (including phenoxy) is 1. The Balaban J connectivity index is 1.85. The van der Waals surface area contributed by atoms with E-state index in [1.165, 1.54) is 17.4 Å². The summed E-state index contributed by atoms with van der Waals surface area (Å²) in [7, 11) is 0. The van der Waals surface area contributed by atoms with Crippen molar-refractivity contribution in [3.05, 3.63) is 51.7 Å². The van der Waals surface area contributed by atoms with Crippen LogP contribution in [0.3, 0.4) is 0 Å². The zero-order chi connectivity index (χ0) is 12.1. The Bertz CT molecular complexity index is 487. The van der Waals surface area contributed by atoms with Gasteiger partial charge in [-0.25, -0.2) is 9.37 Å². The minimum absolute atomic E-state index is 0.242. The number of halogens is 1. The van der Waals surface area contributed by atoms with Crippen LogP contribution in [0.1, 0.15) is 16.3 Å². The van der Waals surface area contributed by atoms with E-state index in [0.29, 0.717) is 18.7 Å². The van der Waals surface area contributed by atoms with E-state index >= 15 is 0 Å². The Morgan fingerprint density at radius 3 is 2.82 bits per heavy atom. The van der Waals surface area contributed by atoms with E-state index < -0.39 is 0 Å². The molecule has 0 aliphatic heterocycles. The molecule has 0 saturated heterocycles. The first kappa shape index (κ1) is 12.2. The van der Waals surface area contributed by atoms with Gasteiger partial charge in [0.25, 0.3) is 0 Å². The van der Waals surface area contributed by atoms with E-state index in [-0.39, 0.29) is 12.4 Å². The lowest BCUT2D eigenvalue weighted by Gasteiger charge is -2.03. The van der Waals surface area contributed by atoms with Gasteiger partial charge in [-0.1, -0.05) is 18.2 Å². The summed E-state index contributed by atoms with van der Waals surface area (Å²) >= 11 is 1.51. The number of nitrogens with zero attached hydrogens (tertiary/aromatic N) is 1. The van der Waals surface area contributed by atoms with Crippen molar-refractivity contribution in [2.24, 2.45) is 5.73 Å². The second-order valence-corrected chi connectivity index (χ2v) is 4.46. The van der Waals surface area contributed by atoms with Gasteiger partial charge in [-0.2, -0.15) is 0 Å². The summed E-state index contributed by atoms with van der Waals surface area (Å²) in [5.41, 5.74) is 6.86. The minimum Gasteiger partial charge on any atom is -0.370 e. The minimum atomic E-state index is -0.242. The van der Waals surface area contributed by atoms with Crippen LogP contribution in [0, 0.1) is 5.82 Å². The third-order valence-electron chi connectivity index (χ3n) is 2.24. The molecular formula is C12H13FN2OS. The molecule has 0 radical (unpaired) electrons. The molecule has 0 amide bonds. The van der Waals surface area contributed by atoms with Gasteiger partial charge < -0.3 is 10.5 Å². The lowest BCUT2D eigenvalue weighted by atomic mass is 10.2. The van der Waals surface area contributed by atoms with E-state index in [1.807, 2.05) is 5.38 Å². The molecule has 1 aromatic heterocycles. The van der Waals surface area contributed by atoms with Crippen molar-refractivity contribution in [3.63, 3.8) is 0 Å². The standard InChI is InChI=1S/C12H13FN2OS/c13-11-4-2-1-3-9(11)6-16-7-10-8-17-12(5-14)15-10/h1-4,8H,5-7,14H2. The van der Waals surface area contributed by atoms with Gasteiger partial charge in [0, 0.05) is 17.5 Å². The first-order valence-electron chi connectivity index (χ1n) is 5.24. The Labute approximate surface area is 103 Å². The summed E-state index contributed by atoms with van der Waals surface area (Å²) in [6, 6.07) is 6.58. The van der Waals surface area contributed by atoms with Crippen molar-refractivity contribution in [3.8, 4) is 0 Å². The predicted octanol–water partition coefficient (Wildman–Crippen LogP) is 2.46. The number of hydrogen-bond donors (Lipinski definition) is 1. The molecule has 3 nitrogen and oxygen atoms in total. The van der Waals surface area contributed by atoms with Crippen molar-refractivity contribution in [2.45, 2.75) is 19.8 Å². The topological polar surface area (TPSA) is 48.1 Å². The average Bonchev–Trinajstić information content (AvgIpc) is 2.80. The van der Waals surface area contributed by atoms with E-state index in [1.54, 1.807) is 18.2 Å². The fraction of sp³-hybridized carbons (Fsp3) is 0.250. The van der Waals surface area contributed by atoms with Crippen molar-refractivity contribution < 1.29 is 9.13 Å². The highest BCUT2D eigenvalue weighted by Crippen LogP contribution is 2.12. The van der Waals surface area contributed by atoms with Crippen LogP contribution in [0.2, 0.25) is 0 Å². The molecular weight excluding hydrogens is 239 g/mol. The zero-order valence-corrected chi connectivity index (χ0v) is 10.0. The molecule has 0 fully saturated rings. The molecule has 17 heavy (non-hydrogen) atoms. The predicted molar refractivity (Wildman–Crippen MR) is 64.9 cm³/mol. The van der Waals surface area contributed by atoms with E-state index in [4.69, 9.17) is 10.5 Å². The van der Waals surface area contributed by atoms with Gasteiger partial charge in [-0.05, 0) is 6.07 Å². The zero-order valence-electron chi connectivity index (χ0n) is 9.23. The van der Waals surface area contributed by atoms with Crippen molar-refractivity contribution in [2.75, 3.05) is 0 Å². The molecule has 2 N–H and O–H groups in total. The van der Waals surface area contributed by atoms with E-state index in [9.17, 15) is 4.39 Å². The highest BCUT2D eigenvalue weighted by atomic mass is 32.1. The molecule has 2 rings (SSSR count). The lowest BCUT2D eigenvalue weighted by Crippen LogP contribution is -1.98. The van der Waals surface area contributed by atoms with Crippen molar-refractivity contribution >= 4 is 11.3 Å². The Morgan fingerprint density at radius 1 is 1.29 bits per heavy atom. The van der Waals surface area contributed by atoms with Crippen LogP contribution in [0.15, 0.2) is 29.6 Å². The number of aromatic nitrogens is 1. The van der Waals surface area contributed by atoms with Crippen LogP contribution in [0.5, 0.6) is 0 Å². The van der Waals surface area contributed by atoms with Crippen LogP contribution in [0.25, 0.3) is 0 Å². The smallest absolute Gasteiger partial charge is 0.128 e. The summed E-state index contributed by atoms with van der Waals surface area (Å²) in [6.07, 6.45) is 0. The number of hydrogen-bond acceptors (Lipinski definition) is 4. The Morgan fingerprint density at radius 2 is 2.12 bits per heavy atom. The maximum Gasteiger partial charge on any atom is 0.128 e. The maximum absolute atomic E-state index is 13.3. The van der Waals surface area contributed by atoms with Gasteiger partial charge in [0.2, 0.25) is 0 Å². The molecule has 1 heterocycles. The van der Waals surface area contributed by atoms with Crippen LogP contribution < -0.4 is 5.73 Å². The van der Waals surface area contributed by atoms with Crippen LogP contribution in [-0.2, 0) is 24.5 Å². The van der Waals surface area contributed by atoms with Gasteiger partial charge >= 0.3 is 0 Å². The van der Waals surface area contributed by atoms with Gasteiger partial charge in [0.1, 0.15) is 10.8 Å². The van der Waals surface area contributed by atoms with E-state index in [0.717, 1.165) is 10.7 Å². The van der Waals surface area contributed by atoms with Crippen molar-refractivity contribution in [1.29, 1.82) is 0 Å². The second-order valence-electron chi connectivity index (χ2n) is 3.52. The molecule has 0 bridgehead atoms. The molecule has 0 atom stereocenters. The Hall–Kier alpha value is -1.30. The lowest BCUT2D eigenvalue weighted by molar-refractivity contribution is 0.102. The first-order valence-corrected chi connectivity index (χ1v) is 6.12. The van der Waals surface area contributed by atoms with E-state index in [2.05, 4.69) is 4.98 Å². The SMILES string of the molecule is NCc1nc(COCc2ccccc2F)cs1. The first-order chi connectivity index (χ1) is 8.29. The molecule has 0 aliphatic rings. The summed E-state index contributed by atoms with van der Waals surface area (Å²) in [6.45, 7) is 1.07. The molecule has 1 aromatic carbocycles. The molecule has 0 saturated carbocycles. The second kappa shape index (κ2) is 5.86. The molecule has 0 aliphatic carbocycles. The van der Waals surface area contributed by atoms with Gasteiger partial charge in [-0.15, -0.1) is 11.3 Å². The van der Waals surface area contributed by atoms with Crippen LogP contribution in [-0.4, -0.2) is 4.98 Å². The fourth-order valence-corrected chi connectivity index (χ4v) is 2.05. The molecule has 0 spiro atoms. The third-order valence-corrected chi connectivity index (χ3v) is 3.16. The molecule has 90 valence electrons. The summed E-state index contributed by atoms with van der Waals surface area (Å²) in [5.74, 6) is -0.242. The highest BCUT2D eigenvalue weighted by Gasteiger charge is 2.03. The fourth-order valence-electron chi connectivity index (χ4n) is 1.39. The highest BCUT2D eigenvalue weighted by molar-refractivity contribution is 7.09. The Kier molecular flexibility index (Phi) is 4.19. The molecule has 5 heteroatoms. The number of nitrogens with two attached hydrogens (primary N) is 1. The average molecular weight is 252 g/mol. The maximum atomic E-state index is 13.3. The van der Waals surface area contributed by atoms with Crippen molar-refractivity contribution in [1.82, 2.24) is 4.98 Å². The third kappa shape index (κ3) is 3.33. The normalized spacial score (nSPS) is 10.7. The van der Waals surface area contributed by atoms with Gasteiger partial charge in [-0.3, -0.25) is 0 Å². The largest absolute Gasteiger partial charge is 0.370 e. The molecule has 0 unspecified atom stereocenters. The summed E-state index contributed by atoms with van der Waals surface area (Å²) in [5, 5.41) is 2.79. The summed E-state index contributed by atoms with van der Waals surface area (Å²) < 4.78 is 18.7. The quantitative estimate of drug-likeness (QED) is 0.889. The molecule has 2 aromatic rings. The summed E-state index contributed by atoms with van der Waals surface area (Å²) in [4.78, 5) is 4.26. The number of rotatable bonds is 5. The van der Waals surface area contributed by atoms with Crippen LogP contribution >= 0.6 is 11.3 Å². The van der Waals surface area contributed by atoms with Gasteiger partial charge in [0.05, 0.1) is 18.9 Å². The van der Waals surface area contributed by atoms with Crippen LogP contribution in [0.4, 0.5) is 4.39 Å². The number of benzene rings is 1. The monoisotopic (exact) mass is 252 g/mol.